The minimum Gasteiger partial charge on any atom is -0.508 e. The number of phenols is 1. The molecule has 2 aromatic carbocycles. The van der Waals surface area contributed by atoms with Crippen LogP contribution in [-0.4, -0.2) is 11.4 Å². The van der Waals surface area contributed by atoms with Crippen molar-refractivity contribution < 1.29 is 5.11 Å². The number of hydrogen-bond donors (Lipinski definition) is 1. The normalized spacial score (nSPS) is 15.9. The van der Waals surface area contributed by atoms with Crippen LogP contribution in [0.15, 0.2) is 53.4 Å². The van der Waals surface area contributed by atoms with Crippen molar-refractivity contribution in [2.24, 2.45) is 0 Å². The van der Waals surface area contributed by atoms with Gasteiger partial charge in [-0.15, -0.1) is 0 Å². The molecule has 0 spiro atoms. The second kappa shape index (κ2) is 5.53. The van der Waals surface area contributed by atoms with Crippen LogP contribution in [0.2, 0.25) is 0 Å². The highest BCUT2D eigenvalue weighted by Gasteiger charge is 2.18. The van der Waals surface area contributed by atoms with E-state index in [-0.39, 0.29) is 0 Å². The quantitative estimate of drug-likeness (QED) is 0.748. The summed E-state index contributed by atoms with van der Waals surface area (Å²) in [6.45, 7) is 2.16. The molecule has 96 valence electrons. The van der Waals surface area contributed by atoms with Crippen LogP contribution < -0.4 is 0 Å². The van der Waals surface area contributed by atoms with E-state index in [9.17, 15) is 5.11 Å². The molecule has 1 N–H and O–H groups in total. The lowest BCUT2D eigenvalue weighted by Gasteiger charge is -2.30. The maximum absolute atomic E-state index is 9.36. The predicted molar refractivity (Wildman–Crippen MR) is 88.8 cm³/mol. The Morgan fingerprint density at radius 1 is 1.06 bits per heavy atom. The maximum Gasteiger partial charge on any atom is 0.115 e. The highest BCUT2D eigenvalue weighted by Crippen LogP contribution is 2.62. The smallest absolute Gasteiger partial charge is 0.115 e. The highest BCUT2D eigenvalue weighted by atomic mass is 127. The Morgan fingerprint density at radius 3 is 2.28 bits per heavy atom. The zero-order valence-corrected chi connectivity index (χ0v) is 13.5. The Labute approximate surface area is 122 Å². The SMILES string of the molecule is Cc1ccccc1CS(C)(I)c1ccc(O)cc1. The molecule has 0 radical (unpaired) electrons. The van der Waals surface area contributed by atoms with Crippen LogP contribution in [0, 0.1) is 6.92 Å². The van der Waals surface area contributed by atoms with Crippen molar-refractivity contribution in [3.8, 4) is 5.75 Å². The number of aromatic hydroxyl groups is 1. The van der Waals surface area contributed by atoms with Gasteiger partial charge in [-0.05, 0) is 74.7 Å². The van der Waals surface area contributed by atoms with Crippen molar-refractivity contribution in [1.82, 2.24) is 0 Å². The van der Waals surface area contributed by atoms with Crippen LogP contribution in [0.4, 0.5) is 0 Å². The van der Waals surface area contributed by atoms with Gasteiger partial charge in [-0.3, -0.25) is 0 Å². The number of rotatable bonds is 3. The van der Waals surface area contributed by atoms with E-state index in [0.29, 0.717) is 5.75 Å². The average molecular weight is 372 g/mol. The van der Waals surface area contributed by atoms with E-state index < -0.39 is 7.20 Å². The van der Waals surface area contributed by atoms with Crippen molar-refractivity contribution in [3.05, 3.63) is 59.7 Å². The molecule has 3 heteroatoms. The van der Waals surface area contributed by atoms with Gasteiger partial charge in [0.15, 0.2) is 0 Å². The van der Waals surface area contributed by atoms with Crippen LogP contribution >= 0.6 is 28.4 Å². The molecule has 0 aliphatic heterocycles. The third kappa shape index (κ3) is 3.20. The van der Waals surface area contributed by atoms with Gasteiger partial charge in [-0.1, -0.05) is 24.3 Å². The molecule has 0 saturated heterocycles. The Bertz CT molecular complexity index is 534. The largest absolute Gasteiger partial charge is 0.508 e. The van der Waals surface area contributed by atoms with Crippen molar-refractivity contribution in [2.45, 2.75) is 17.6 Å². The topological polar surface area (TPSA) is 20.2 Å². The molecule has 0 heterocycles. The average Bonchev–Trinajstić information content (AvgIpc) is 2.32. The van der Waals surface area contributed by atoms with E-state index in [2.05, 4.69) is 58.7 Å². The third-order valence-electron chi connectivity index (χ3n) is 3.02. The number of hydrogen-bond acceptors (Lipinski definition) is 1. The lowest BCUT2D eigenvalue weighted by molar-refractivity contribution is 0.475. The first kappa shape index (κ1) is 13.7. The van der Waals surface area contributed by atoms with Gasteiger partial charge in [0, 0.05) is 5.75 Å². The van der Waals surface area contributed by atoms with Crippen LogP contribution in [0.3, 0.4) is 0 Å². The second-order valence-electron chi connectivity index (χ2n) is 4.54. The summed E-state index contributed by atoms with van der Waals surface area (Å²) in [4.78, 5) is 1.32. The van der Waals surface area contributed by atoms with Gasteiger partial charge in [0.2, 0.25) is 0 Å². The zero-order valence-electron chi connectivity index (χ0n) is 10.6. The third-order valence-corrected chi connectivity index (χ3v) is 7.58. The van der Waals surface area contributed by atoms with Crippen molar-refractivity contribution in [3.63, 3.8) is 0 Å². The molecule has 2 rings (SSSR count). The van der Waals surface area contributed by atoms with Gasteiger partial charge >= 0.3 is 0 Å². The van der Waals surface area contributed by atoms with E-state index in [1.807, 2.05) is 12.1 Å². The predicted octanol–water partition coefficient (Wildman–Crippen LogP) is 5.04. The molecule has 1 atom stereocenters. The molecule has 0 saturated carbocycles. The van der Waals surface area contributed by atoms with Crippen molar-refractivity contribution in [1.29, 1.82) is 0 Å². The molecule has 1 unspecified atom stereocenters. The summed E-state index contributed by atoms with van der Waals surface area (Å²) in [5, 5.41) is 9.36. The van der Waals surface area contributed by atoms with Crippen LogP contribution in [0.5, 0.6) is 5.75 Å². The fourth-order valence-electron chi connectivity index (χ4n) is 1.88. The van der Waals surface area contributed by atoms with Gasteiger partial charge in [0.25, 0.3) is 0 Å². The first-order valence-corrected chi connectivity index (χ1v) is 10.5. The lowest BCUT2D eigenvalue weighted by Crippen LogP contribution is -1.97. The molecule has 2 aromatic rings. The fourth-order valence-corrected chi connectivity index (χ4v) is 5.54. The summed E-state index contributed by atoms with van der Waals surface area (Å²) < 4.78 is 0. The molecule has 0 aliphatic rings. The standard InChI is InChI=1S/C15H17IOS/c1-12-5-3-4-6-13(12)11-18(2,16)15-9-7-14(17)8-10-15/h3-10,17H,11H2,1-2H3. The van der Waals surface area contributed by atoms with E-state index in [1.54, 1.807) is 12.1 Å². The summed E-state index contributed by atoms with van der Waals surface area (Å²) in [6.07, 6.45) is 2.31. The van der Waals surface area contributed by atoms with Gasteiger partial charge < -0.3 is 5.11 Å². The van der Waals surface area contributed by atoms with Crippen LogP contribution in [0.1, 0.15) is 11.1 Å². The fraction of sp³-hybridized carbons (Fsp3) is 0.200. The van der Waals surface area contributed by atoms with Crippen molar-refractivity contribution in [2.75, 3.05) is 6.26 Å². The summed E-state index contributed by atoms with van der Waals surface area (Å²) in [5.74, 6) is 1.41. The summed E-state index contributed by atoms with van der Waals surface area (Å²) in [7, 11) is -0.894. The molecule has 0 bridgehead atoms. The van der Waals surface area contributed by atoms with E-state index >= 15 is 0 Å². The molecular weight excluding hydrogens is 355 g/mol. The summed E-state index contributed by atoms with van der Waals surface area (Å²) in [5.41, 5.74) is 2.77. The summed E-state index contributed by atoms with van der Waals surface area (Å²) in [6, 6.07) is 16.2. The molecule has 0 aromatic heterocycles. The van der Waals surface area contributed by atoms with Crippen molar-refractivity contribution >= 4 is 28.4 Å². The molecular formula is C15H17IOS. The lowest BCUT2D eigenvalue weighted by atomic mass is 10.1. The Morgan fingerprint density at radius 2 is 1.67 bits per heavy atom. The highest BCUT2D eigenvalue weighted by molar-refractivity contribution is 14.2. The van der Waals surface area contributed by atoms with E-state index in [4.69, 9.17) is 0 Å². The minimum absolute atomic E-state index is 0.334. The molecule has 1 nitrogen and oxygen atoms in total. The van der Waals surface area contributed by atoms with Gasteiger partial charge in [-0.25, -0.2) is 0 Å². The van der Waals surface area contributed by atoms with Gasteiger partial charge in [0.1, 0.15) is 5.75 Å². The Balaban J connectivity index is 2.27. The van der Waals surface area contributed by atoms with Crippen LogP contribution in [-0.2, 0) is 5.75 Å². The number of phenolic OH excluding ortho intramolecular Hbond substituents is 1. The molecule has 0 aliphatic carbocycles. The molecule has 0 amide bonds. The van der Waals surface area contributed by atoms with Gasteiger partial charge in [-0.2, -0.15) is 7.20 Å². The zero-order chi connectivity index (χ0) is 13.2. The minimum atomic E-state index is -0.894. The van der Waals surface area contributed by atoms with Gasteiger partial charge in [0.05, 0.1) is 0 Å². The van der Waals surface area contributed by atoms with E-state index in [1.165, 1.54) is 16.0 Å². The Hall–Kier alpha value is -0.680. The first-order valence-electron chi connectivity index (χ1n) is 5.78. The number of benzene rings is 2. The molecule has 0 fully saturated rings. The Kier molecular flexibility index (Phi) is 4.22. The first-order chi connectivity index (χ1) is 8.49. The van der Waals surface area contributed by atoms with E-state index in [0.717, 1.165) is 5.75 Å². The monoisotopic (exact) mass is 372 g/mol. The van der Waals surface area contributed by atoms with Crippen LogP contribution in [0.25, 0.3) is 0 Å². The number of aryl methyl sites for hydroxylation is 1. The maximum atomic E-state index is 9.36. The summed E-state index contributed by atoms with van der Waals surface area (Å²) >= 11 is 2.58. The molecule has 18 heavy (non-hydrogen) atoms. The second-order valence-corrected chi connectivity index (χ2v) is 13.1. The number of halogens is 1.